The van der Waals surface area contributed by atoms with Gasteiger partial charge in [0.05, 0.1) is 6.61 Å². The number of esters is 1. The minimum Gasteiger partial charge on any atom is -0.481 e. The fourth-order valence-corrected chi connectivity index (χ4v) is 2.89. The van der Waals surface area contributed by atoms with E-state index in [1.54, 1.807) is 12.1 Å². The molecule has 1 aromatic carbocycles. The van der Waals surface area contributed by atoms with Crippen molar-refractivity contribution in [3.63, 3.8) is 0 Å². The van der Waals surface area contributed by atoms with Crippen LogP contribution in [0.1, 0.15) is 29.2 Å². The molecule has 1 unspecified atom stereocenters. The summed E-state index contributed by atoms with van der Waals surface area (Å²) in [6, 6.07) is 6.19. The van der Waals surface area contributed by atoms with Crippen LogP contribution >= 0.6 is 22.9 Å². The number of anilines is 1. The van der Waals surface area contributed by atoms with Crippen molar-refractivity contribution in [2.75, 3.05) is 11.9 Å². The smallest absolute Gasteiger partial charge is 0.435 e. The summed E-state index contributed by atoms with van der Waals surface area (Å²) >= 11 is 6.13. The SMILES string of the molecule is CCOC(=O)c1sc(NC(=O)C(C)Oc2ccc(Cl)cc2)nc1C(F)(F)F. The third-order valence-corrected chi connectivity index (χ3v) is 4.29. The van der Waals surface area contributed by atoms with Crippen LogP contribution in [0.25, 0.3) is 0 Å². The number of amides is 1. The molecular weight excluding hydrogens is 409 g/mol. The molecule has 0 spiro atoms. The van der Waals surface area contributed by atoms with Gasteiger partial charge in [-0.2, -0.15) is 13.2 Å². The number of hydrogen-bond donors (Lipinski definition) is 1. The summed E-state index contributed by atoms with van der Waals surface area (Å²) in [5.74, 6) is -1.54. The Morgan fingerprint density at radius 2 is 1.93 bits per heavy atom. The molecule has 0 radical (unpaired) electrons. The number of carbonyl (C=O) groups is 2. The summed E-state index contributed by atoms with van der Waals surface area (Å²) in [7, 11) is 0. The van der Waals surface area contributed by atoms with Gasteiger partial charge >= 0.3 is 12.1 Å². The lowest BCUT2D eigenvalue weighted by Crippen LogP contribution is -2.30. The number of aromatic nitrogens is 1. The second-order valence-corrected chi connectivity index (χ2v) is 6.55. The molecule has 6 nitrogen and oxygen atoms in total. The molecule has 0 aliphatic carbocycles. The van der Waals surface area contributed by atoms with Gasteiger partial charge in [-0.25, -0.2) is 9.78 Å². The molecule has 27 heavy (non-hydrogen) atoms. The highest BCUT2D eigenvalue weighted by atomic mass is 35.5. The summed E-state index contributed by atoms with van der Waals surface area (Å²) in [6.45, 7) is 2.78. The maximum Gasteiger partial charge on any atom is 0.435 e. The van der Waals surface area contributed by atoms with E-state index < -0.39 is 34.7 Å². The molecule has 1 atom stereocenters. The van der Waals surface area contributed by atoms with Gasteiger partial charge in [0.25, 0.3) is 5.91 Å². The average molecular weight is 423 g/mol. The lowest BCUT2D eigenvalue weighted by Gasteiger charge is -2.13. The molecule has 0 saturated carbocycles. The Bertz CT molecular complexity index is 824. The number of thiazole rings is 1. The zero-order valence-corrected chi connectivity index (χ0v) is 15.7. The summed E-state index contributed by atoms with van der Waals surface area (Å²) in [4.78, 5) is 26.5. The molecule has 2 aromatic rings. The van der Waals surface area contributed by atoms with Crippen LogP contribution in [-0.2, 0) is 15.7 Å². The van der Waals surface area contributed by atoms with Crippen molar-refractivity contribution >= 4 is 39.9 Å². The summed E-state index contributed by atoms with van der Waals surface area (Å²) in [6.07, 6.45) is -5.90. The van der Waals surface area contributed by atoms with Crippen molar-refractivity contribution in [3.8, 4) is 5.75 Å². The number of nitrogens with zero attached hydrogens (tertiary/aromatic N) is 1. The lowest BCUT2D eigenvalue weighted by atomic mass is 10.3. The van der Waals surface area contributed by atoms with Gasteiger partial charge in [0.1, 0.15) is 10.6 Å². The van der Waals surface area contributed by atoms with Gasteiger partial charge in [0.2, 0.25) is 0 Å². The molecule has 1 aromatic heterocycles. The number of alkyl halides is 3. The Balaban J connectivity index is 2.14. The van der Waals surface area contributed by atoms with Crippen LogP contribution in [0.3, 0.4) is 0 Å². The van der Waals surface area contributed by atoms with Gasteiger partial charge in [-0.05, 0) is 38.1 Å². The van der Waals surface area contributed by atoms with Crippen molar-refractivity contribution in [1.29, 1.82) is 0 Å². The fourth-order valence-electron chi connectivity index (χ4n) is 1.88. The number of rotatable bonds is 6. The highest BCUT2D eigenvalue weighted by Crippen LogP contribution is 2.36. The molecule has 1 N–H and O–H groups in total. The number of hydrogen-bond acceptors (Lipinski definition) is 6. The van der Waals surface area contributed by atoms with E-state index in [-0.39, 0.29) is 11.7 Å². The number of ether oxygens (including phenoxy) is 2. The van der Waals surface area contributed by atoms with E-state index in [0.29, 0.717) is 22.1 Å². The molecule has 0 fully saturated rings. The third kappa shape index (κ3) is 5.57. The van der Waals surface area contributed by atoms with Crippen molar-refractivity contribution in [3.05, 3.63) is 39.9 Å². The van der Waals surface area contributed by atoms with Gasteiger partial charge in [0, 0.05) is 5.02 Å². The topological polar surface area (TPSA) is 77.5 Å². The van der Waals surface area contributed by atoms with Crippen molar-refractivity contribution in [1.82, 2.24) is 4.98 Å². The molecular formula is C16H14ClF3N2O4S. The predicted molar refractivity (Wildman–Crippen MR) is 93.2 cm³/mol. The van der Waals surface area contributed by atoms with Crippen LogP contribution in [0.4, 0.5) is 18.3 Å². The van der Waals surface area contributed by atoms with Gasteiger partial charge in [0.15, 0.2) is 16.9 Å². The Hall–Kier alpha value is -2.33. The van der Waals surface area contributed by atoms with E-state index in [1.807, 2.05) is 0 Å². The molecule has 146 valence electrons. The number of halogens is 4. The largest absolute Gasteiger partial charge is 0.481 e. The number of benzene rings is 1. The molecule has 11 heteroatoms. The van der Waals surface area contributed by atoms with Crippen molar-refractivity contribution < 1.29 is 32.2 Å². The molecule has 0 aliphatic rings. The Morgan fingerprint density at radius 1 is 1.30 bits per heavy atom. The van der Waals surface area contributed by atoms with E-state index in [9.17, 15) is 22.8 Å². The minimum atomic E-state index is -4.87. The summed E-state index contributed by atoms with van der Waals surface area (Å²) in [5.41, 5.74) is -1.41. The second-order valence-electron chi connectivity index (χ2n) is 5.12. The Kier molecular flexibility index (Phi) is 6.66. The summed E-state index contributed by atoms with van der Waals surface area (Å²) < 4.78 is 49.2. The monoisotopic (exact) mass is 422 g/mol. The van der Waals surface area contributed by atoms with Crippen LogP contribution in [0, 0.1) is 0 Å². The van der Waals surface area contributed by atoms with Gasteiger partial charge < -0.3 is 9.47 Å². The molecule has 0 saturated heterocycles. The van der Waals surface area contributed by atoms with Crippen molar-refractivity contribution in [2.24, 2.45) is 0 Å². The van der Waals surface area contributed by atoms with Gasteiger partial charge in [-0.15, -0.1) is 0 Å². The normalized spacial score (nSPS) is 12.4. The zero-order valence-electron chi connectivity index (χ0n) is 14.1. The van der Waals surface area contributed by atoms with E-state index >= 15 is 0 Å². The van der Waals surface area contributed by atoms with E-state index in [0.717, 1.165) is 0 Å². The van der Waals surface area contributed by atoms with Gasteiger partial charge in [-0.1, -0.05) is 22.9 Å². The Morgan fingerprint density at radius 3 is 2.48 bits per heavy atom. The van der Waals surface area contributed by atoms with E-state index in [2.05, 4.69) is 15.0 Å². The van der Waals surface area contributed by atoms with Crippen LogP contribution in [0.5, 0.6) is 5.75 Å². The first-order chi connectivity index (χ1) is 12.6. The highest BCUT2D eigenvalue weighted by molar-refractivity contribution is 7.17. The summed E-state index contributed by atoms with van der Waals surface area (Å²) in [5, 5.41) is 2.31. The maximum atomic E-state index is 13.1. The Labute approximate surface area is 161 Å². The highest BCUT2D eigenvalue weighted by Gasteiger charge is 2.40. The van der Waals surface area contributed by atoms with Gasteiger partial charge in [-0.3, -0.25) is 10.1 Å². The lowest BCUT2D eigenvalue weighted by molar-refractivity contribution is -0.141. The molecule has 0 bridgehead atoms. The molecule has 1 amide bonds. The minimum absolute atomic E-state index is 0.0955. The van der Waals surface area contributed by atoms with E-state index in [1.165, 1.54) is 26.0 Å². The third-order valence-electron chi connectivity index (χ3n) is 3.08. The molecule has 2 rings (SSSR count). The van der Waals surface area contributed by atoms with Crippen molar-refractivity contribution in [2.45, 2.75) is 26.1 Å². The van der Waals surface area contributed by atoms with E-state index in [4.69, 9.17) is 16.3 Å². The van der Waals surface area contributed by atoms with Crippen LogP contribution < -0.4 is 10.1 Å². The first kappa shape index (κ1) is 21.0. The number of nitrogens with one attached hydrogen (secondary N) is 1. The predicted octanol–water partition coefficient (Wildman–Crippen LogP) is 4.40. The van der Waals surface area contributed by atoms with Crippen LogP contribution in [0.15, 0.2) is 24.3 Å². The standard InChI is InChI=1S/C16H14ClF3N2O4S/c1-3-25-14(24)11-12(16(18,19)20)21-15(27-11)22-13(23)8(2)26-10-6-4-9(17)5-7-10/h4-8H,3H2,1-2H3,(H,21,22,23). The zero-order chi connectivity index (χ0) is 20.2. The van der Waals surface area contributed by atoms with Crippen LogP contribution in [0.2, 0.25) is 5.02 Å². The quantitative estimate of drug-likeness (QED) is 0.698. The second kappa shape index (κ2) is 8.57. The average Bonchev–Trinajstić information content (AvgIpc) is 3.01. The maximum absolute atomic E-state index is 13.1. The molecule has 0 aliphatic heterocycles. The first-order valence-corrected chi connectivity index (χ1v) is 8.79. The van der Waals surface area contributed by atoms with Crippen LogP contribution in [-0.4, -0.2) is 29.6 Å². The first-order valence-electron chi connectivity index (χ1n) is 7.60. The fraction of sp³-hybridized carbons (Fsp3) is 0.312. The number of carbonyl (C=O) groups excluding carboxylic acids is 2. The molecule has 1 heterocycles.